The highest BCUT2D eigenvalue weighted by atomic mass is 127. The zero-order valence-electron chi connectivity index (χ0n) is 17.4. The fourth-order valence-electron chi connectivity index (χ4n) is 3.26. The first-order chi connectivity index (χ1) is 13.8. The number of halogens is 4. The van der Waals surface area contributed by atoms with Gasteiger partial charge >= 0.3 is 6.18 Å². The summed E-state index contributed by atoms with van der Waals surface area (Å²) in [6.07, 6.45) is -3.29. The normalized spacial score (nSPS) is 17.4. The number of guanidine groups is 1. The highest BCUT2D eigenvalue weighted by Gasteiger charge is 2.34. The molecule has 0 aliphatic carbocycles. The van der Waals surface area contributed by atoms with E-state index in [-0.39, 0.29) is 42.3 Å². The van der Waals surface area contributed by atoms with Gasteiger partial charge in [-0.15, -0.1) is 24.0 Å². The molecule has 0 spiro atoms. The van der Waals surface area contributed by atoms with Crippen LogP contribution in [-0.4, -0.2) is 73.7 Å². The van der Waals surface area contributed by atoms with Crippen LogP contribution < -0.4 is 10.6 Å². The maximum atomic E-state index is 12.5. The second-order valence-corrected chi connectivity index (χ2v) is 7.23. The fraction of sp³-hybridized carbons (Fsp3) is 0.600. The van der Waals surface area contributed by atoms with Crippen molar-refractivity contribution in [3.8, 4) is 0 Å². The van der Waals surface area contributed by atoms with Crippen molar-refractivity contribution in [3.05, 3.63) is 35.9 Å². The molecule has 0 radical (unpaired) electrons. The lowest BCUT2D eigenvalue weighted by Crippen LogP contribution is -2.45. The Morgan fingerprint density at radius 1 is 1.30 bits per heavy atom. The van der Waals surface area contributed by atoms with Gasteiger partial charge in [0.2, 0.25) is 5.91 Å². The van der Waals surface area contributed by atoms with Crippen LogP contribution in [0, 0.1) is 0 Å². The maximum Gasteiger partial charge on any atom is 0.401 e. The van der Waals surface area contributed by atoms with E-state index in [0.717, 1.165) is 5.56 Å². The third-order valence-corrected chi connectivity index (χ3v) is 4.64. The predicted molar refractivity (Wildman–Crippen MR) is 123 cm³/mol. The summed E-state index contributed by atoms with van der Waals surface area (Å²) in [5.41, 5.74) is 1.06. The lowest BCUT2D eigenvalue weighted by Gasteiger charge is -2.20. The smallest absolute Gasteiger partial charge is 0.357 e. The monoisotopic (exact) mass is 541 g/mol. The molecule has 0 aromatic heterocycles. The summed E-state index contributed by atoms with van der Waals surface area (Å²) in [5.74, 6) is 0.524. The van der Waals surface area contributed by atoms with Gasteiger partial charge < -0.3 is 15.5 Å². The van der Waals surface area contributed by atoms with Crippen molar-refractivity contribution >= 4 is 35.8 Å². The molecule has 0 bridgehead atoms. The Labute approximate surface area is 193 Å². The van der Waals surface area contributed by atoms with Gasteiger partial charge in [-0.2, -0.15) is 13.2 Å². The van der Waals surface area contributed by atoms with Crippen molar-refractivity contribution < 1.29 is 18.0 Å². The van der Waals surface area contributed by atoms with Gasteiger partial charge in [-0.1, -0.05) is 30.3 Å². The van der Waals surface area contributed by atoms with Crippen LogP contribution in [0.2, 0.25) is 0 Å². The molecule has 1 aromatic carbocycles. The van der Waals surface area contributed by atoms with Crippen molar-refractivity contribution in [1.29, 1.82) is 0 Å². The SMILES string of the molecule is CCNC(=NCCC(=O)N(C)Cc1ccccc1)NC1CCN(CC(F)(F)F)C1.I. The van der Waals surface area contributed by atoms with Crippen molar-refractivity contribution in [2.24, 2.45) is 4.99 Å². The number of hydrogen-bond acceptors (Lipinski definition) is 3. The minimum atomic E-state index is -4.18. The Kier molecular flexibility index (Phi) is 11.5. The summed E-state index contributed by atoms with van der Waals surface area (Å²) in [7, 11) is 1.76. The van der Waals surface area contributed by atoms with E-state index in [1.165, 1.54) is 4.90 Å². The number of carbonyl (C=O) groups excluding carboxylic acids is 1. The zero-order chi connectivity index (χ0) is 21.3. The van der Waals surface area contributed by atoms with Gasteiger partial charge in [0.15, 0.2) is 5.96 Å². The molecule has 1 fully saturated rings. The largest absolute Gasteiger partial charge is 0.401 e. The van der Waals surface area contributed by atoms with E-state index in [4.69, 9.17) is 0 Å². The molecule has 6 nitrogen and oxygen atoms in total. The molecule has 10 heteroatoms. The van der Waals surface area contributed by atoms with E-state index in [9.17, 15) is 18.0 Å². The number of benzene rings is 1. The van der Waals surface area contributed by atoms with E-state index in [0.29, 0.717) is 45.1 Å². The second kappa shape index (κ2) is 13.0. The van der Waals surface area contributed by atoms with E-state index in [1.807, 2.05) is 37.3 Å². The Morgan fingerprint density at radius 3 is 2.63 bits per heavy atom. The summed E-state index contributed by atoms with van der Waals surface area (Å²) < 4.78 is 37.6. The van der Waals surface area contributed by atoms with Crippen LogP contribution in [0.5, 0.6) is 0 Å². The minimum Gasteiger partial charge on any atom is -0.357 e. The molecule has 2 N–H and O–H groups in total. The van der Waals surface area contributed by atoms with Gasteiger partial charge in [-0.25, -0.2) is 0 Å². The Hall–Kier alpha value is -1.56. The quantitative estimate of drug-likeness (QED) is 0.302. The van der Waals surface area contributed by atoms with E-state index in [1.54, 1.807) is 11.9 Å². The molecular weight excluding hydrogens is 510 g/mol. The van der Waals surface area contributed by atoms with E-state index >= 15 is 0 Å². The van der Waals surface area contributed by atoms with Gasteiger partial charge in [0.05, 0.1) is 13.1 Å². The lowest BCUT2D eigenvalue weighted by molar-refractivity contribution is -0.143. The number of aliphatic imine (C=N–C) groups is 1. The maximum absolute atomic E-state index is 12.5. The Bertz CT molecular complexity index is 672. The Morgan fingerprint density at radius 2 is 2.00 bits per heavy atom. The van der Waals surface area contributed by atoms with E-state index < -0.39 is 12.7 Å². The summed E-state index contributed by atoms with van der Waals surface area (Å²) in [6.45, 7) is 3.24. The lowest BCUT2D eigenvalue weighted by atomic mass is 10.2. The first-order valence-corrected chi connectivity index (χ1v) is 9.88. The summed E-state index contributed by atoms with van der Waals surface area (Å²) in [5, 5.41) is 6.27. The third kappa shape index (κ3) is 9.96. The van der Waals surface area contributed by atoms with Gasteiger partial charge in [-0.05, 0) is 18.9 Å². The van der Waals surface area contributed by atoms with Crippen molar-refractivity contribution in [1.82, 2.24) is 20.4 Å². The van der Waals surface area contributed by atoms with Crippen molar-refractivity contribution in [2.45, 2.75) is 38.5 Å². The van der Waals surface area contributed by atoms with Crippen molar-refractivity contribution in [2.75, 3.05) is 39.8 Å². The van der Waals surface area contributed by atoms with Gasteiger partial charge in [0.25, 0.3) is 0 Å². The molecule has 1 aliphatic heterocycles. The van der Waals surface area contributed by atoms with Crippen LogP contribution >= 0.6 is 24.0 Å². The molecule has 170 valence electrons. The number of nitrogens with zero attached hydrogens (tertiary/aromatic N) is 3. The van der Waals surface area contributed by atoms with Crippen molar-refractivity contribution in [3.63, 3.8) is 0 Å². The van der Waals surface area contributed by atoms with Gasteiger partial charge in [0.1, 0.15) is 0 Å². The number of carbonyl (C=O) groups is 1. The molecule has 1 amide bonds. The third-order valence-electron chi connectivity index (χ3n) is 4.64. The van der Waals surface area contributed by atoms with Crippen LogP contribution in [0.1, 0.15) is 25.3 Å². The standard InChI is InChI=1S/C20H30F3N5O.HI/c1-3-24-19(26-17-10-12-28(14-17)15-20(21,22)23)25-11-9-18(29)27(2)13-16-7-5-4-6-8-16;/h4-8,17H,3,9-15H2,1-2H3,(H2,24,25,26);1H. The average Bonchev–Trinajstić information content (AvgIpc) is 3.07. The van der Waals surface area contributed by atoms with Gasteiger partial charge in [0, 0.05) is 45.7 Å². The zero-order valence-corrected chi connectivity index (χ0v) is 19.7. The van der Waals surface area contributed by atoms with Crippen LogP contribution in [0.4, 0.5) is 13.2 Å². The number of rotatable bonds is 8. The molecular formula is C20H31F3IN5O. The Balaban J connectivity index is 0.00000450. The van der Waals surface area contributed by atoms with Gasteiger partial charge in [-0.3, -0.25) is 14.7 Å². The number of likely N-dealkylation sites (tertiary alicyclic amines) is 1. The number of hydrogen-bond donors (Lipinski definition) is 2. The predicted octanol–water partition coefficient (Wildman–Crippen LogP) is 2.84. The molecule has 1 unspecified atom stereocenters. The topological polar surface area (TPSA) is 60.0 Å². The molecule has 1 aromatic rings. The summed E-state index contributed by atoms with van der Waals surface area (Å²) >= 11 is 0. The molecule has 1 aliphatic rings. The summed E-state index contributed by atoms with van der Waals surface area (Å²) in [6, 6.07) is 9.65. The first-order valence-electron chi connectivity index (χ1n) is 9.88. The highest BCUT2D eigenvalue weighted by Crippen LogP contribution is 2.19. The summed E-state index contributed by atoms with van der Waals surface area (Å²) in [4.78, 5) is 19.8. The molecule has 30 heavy (non-hydrogen) atoms. The van der Waals surface area contributed by atoms with Crippen LogP contribution in [-0.2, 0) is 11.3 Å². The second-order valence-electron chi connectivity index (χ2n) is 7.23. The average molecular weight is 541 g/mol. The molecule has 1 atom stereocenters. The first kappa shape index (κ1) is 26.5. The molecule has 0 saturated carbocycles. The van der Waals surface area contributed by atoms with Crippen LogP contribution in [0.15, 0.2) is 35.3 Å². The molecule has 1 saturated heterocycles. The highest BCUT2D eigenvalue weighted by molar-refractivity contribution is 14.0. The van der Waals surface area contributed by atoms with Crippen LogP contribution in [0.25, 0.3) is 0 Å². The van der Waals surface area contributed by atoms with E-state index in [2.05, 4.69) is 15.6 Å². The molecule has 1 heterocycles. The fourth-order valence-corrected chi connectivity index (χ4v) is 3.26. The van der Waals surface area contributed by atoms with Crippen LogP contribution in [0.3, 0.4) is 0 Å². The number of nitrogens with one attached hydrogen (secondary N) is 2. The number of amides is 1. The number of alkyl halides is 3. The molecule has 2 rings (SSSR count). The minimum absolute atomic E-state index is 0.